The van der Waals surface area contributed by atoms with Crippen molar-refractivity contribution in [3.05, 3.63) is 34.3 Å². The molecule has 6 nitrogen and oxygen atoms in total. The summed E-state index contributed by atoms with van der Waals surface area (Å²) in [7, 11) is 2.63. The second-order valence-electron chi connectivity index (χ2n) is 5.20. The monoisotopic (exact) mass is 306 g/mol. The molecule has 2 aliphatic heterocycles. The quantitative estimate of drug-likeness (QED) is 0.519. The molecule has 21 heavy (non-hydrogen) atoms. The minimum Gasteiger partial charge on any atom is -0.284 e. The van der Waals surface area contributed by atoms with Gasteiger partial charge in [-0.3, -0.25) is 29.0 Å². The van der Waals surface area contributed by atoms with Crippen molar-refractivity contribution in [2.24, 2.45) is 0 Å². The third-order valence-electron chi connectivity index (χ3n) is 4.11. The molecule has 2 heterocycles. The zero-order valence-corrected chi connectivity index (χ0v) is 12.1. The highest BCUT2D eigenvalue weighted by molar-refractivity contribution is 6.32. The van der Waals surface area contributed by atoms with E-state index in [9.17, 15) is 19.2 Å². The zero-order valence-electron chi connectivity index (χ0n) is 11.3. The summed E-state index contributed by atoms with van der Waals surface area (Å²) in [6.45, 7) is 0. The summed E-state index contributed by atoms with van der Waals surface area (Å²) >= 11 is 5.94. The summed E-state index contributed by atoms with van der Waals surface area (Å²) in [5.74, 6) is -2.28. The largest absolute Gasteiger partial charge is 0.284 e. The van der Waals surface area contributed by atoms with Gasteiger partial charge >= 0.3 is 0 Å². The van der Waals surface area contributed by atoms with Crippen LogP contribution in [0.5, 0.6) is 0 Å². The Morgan fingerprint density at radius 1 is 1.05 bits per heavy atom. The number of nitrogens with zero attached hydrogens (tertiary/aromatic N) is 2. The first-order valence-electron chi connectivity index (χ1n) is 6.24. The lowest BCUT2D eigenvalue weighted by Gasteiger charge is -2.35. The molecule has 3 rings (SSSR count). The van der Waals surface area contributed by atoms with Crippen LogP contribution in [0.2, 0.25) is 5.02 Å². The highest BCUT2D eigenvalue weighted by atomic mass is 35.5. The van der Waals surface area contributed by atoms with Crippen molar-refractivity contribution in [2.75, 3.05) is 14.1 Å². The fourth-order valence-electron chi connectivity index (χ4n) is 2.93. The summed E-state index contributed by atoms with van der Waals surface area (Å²) in [5, 5.41) is 0.299. The van der Waals surface area contributed by atoms with Crippen molar-refractivity contribution in [1.82, 2.24) is 9.80 Å². The summed E-state index contributed by atoms with van der Waals surface area (Å²) < 4.78 is 0. The molecule has 1 fully saturated rings. The first kappa shape index (κ1) is 13.8. The molecule has 0 radical (unpaired) electrons. The van der Waals surface area contributed by atoms with E-state index in [1.165, 1.54) is 32.3 Å². The first-order valence-corrected chi connectivity index (χ1v) is 6.62. The fourth-order valence-corrected chi connectivity index (χ4v) is 3.10. The van der Waals surface area contributed by atoms with Crippen LogP contribution in [0.15, 0.2) is 18.2 Å². The molecule has 7 heteroatoms. The molecule has 108 valence electrons. The van der Waals surface area contributed by atoms with Crippen LogP contribution in [0, 0.1) is 0 Å². The predicted molar refractivity (Wildman–Crippen MR) is 72.6 cm³/mol. The predicted octanol–water partition coefficient (Wildman–Crippen LogP) is 0.579. The van der Waals surface area contributed by atoms with Crippen molar-refractivity contribution in [3.8, 4) is 0 Å². The molecule has 0 bridgehead atoms. The molecule has 0 N–H and O–H groups in total. The van der Waals surface area contributed by atoms with Gasteiger partial charge in [-0.1, -0.05) is 11.6 Å². The Balaban J connectivity index is 2.36. The number of amides is 4. The molecule has 4 amide bonds. The molecule has 1 spiro atoms. The molecular formula is C14H11ClN2O4. The Bertz CT molecular complexity index is 730. The summed E-state index contributed by atoms with van der Waals surface area (Å²) in [6.07, 6.45) is -0.286. The van der Waals surface area contributed by atoms with Crippen molar-refractivity contribution in [2.45, 2.75) is 11.8 Å². The molecule has 0 aliphatic carbocycles. The molecule has 1 unspecified atom stereocenters. The van der Waals surface area contributed by atoms with Gasteiger partial charge in [0.05, 0.1) is 6.42 Å². The Morgan fingerprint density at radius 3 is 2.24 bits per heavy atom. The lowest BCUT2D eigenvalue weighted by atomic mass is 9.73. The summed E-state index contributed by atoms with van der Waals surface area (Å²) in [4.78, 5) is 51.0. The Kier molecular flexibility index (Phi) is 2.71. The number of halogens is 1. The van der Waals surface area contributed by atoms with Crippen LogP contribution in [0.3, 0.4) is 0 Å². The average molecular weight is 307 g/mol. The molecule has 2 aliphatic rings. The number of imide groups is 2. The van der Waals surface area contributed by atoms with Gasteiger partial charge in [0.2, 0.25) is 17.7 Å². The first-order chi connectivity index (χ1) is 9.80. The van der Waals surface area contributed by atoms with Crippen molar-refractivity contribution >= 4 is 35.2 Å². The summed E-state index contributed by atoms with van der Waals surface area (Å²) in [5.41, 5.74) is -1.24. The van der Waals surface area contributed by atoms with Crippen LogP contribution < -0.4 is 0 Å². The van der Waals surface area contributed by atoms with E-state index in [4.69, 9.17) is 11.6 Å². The van der Waals surface area contributed by atoms with Gasteiger partial charge in [0, 0.05) is 24.7 Å². The second kappa shape index (κ2) is 4.14. The van der Waals surface area contributed by atoms with Crippen LogP contribution in [-0.2, 0) is 19.8 Å². The van der Waals surface area contributed by atoms with Gasteiger partial charge in [0.15, 0.2) is 5.41 Å². The van der Waals surface area contributed by atoms with Gasteiger partial charge in [-0.2, -0.15) is 0 Å². The normalized spacial score (nSPS) is 25.1. The number of likely N-dealkylation sites (N-methyl/N-ethyl adjacent to an activating group) is 2. The fraction of sp³-hybridized carbons (Fsp3) is 0.286. The molecule has 0 aromatic heterocycles. The lowest BCUT2D eigenvalue weighted by Crippen LogP contribution is -2.56. The van der Waals surface area contributed by atoms with Crippen molar-refractivity contribution in [3.63, 3.8) is 0 Å². The van der Waals surface area contributed by atoms with E-state index in [-0.39, 0.29) is 17.5 Å². The average Bonchev–Trinajstić information content (AvgIpc) is 2.69. The number of rotatable bonds is 0. The van der Waals surface area contributed by atoms with Crippen LogP contribution >= 0.6 is 11.6 Å². The maximum absolute atomic E-state index is 12.6. The van der Waals surface area contributed by atoms with E-state index in [0.29, 0.717) is 5.02 Å². The summed E-state index contributed by atoms with van der Waals surface area (Å²) in [6, 6.07) is 4.41. The third-order valence-corrected chi connectivity index (χ3v) is 4.34. The number of benzene rings is 1. The number of carbonyl (C=O) groups excluding carboxylic acids is 4. The van der Waals surface area contributed by atoms with Gasteiger partial charge in [0.25, 0.3) is 5.91 Å². The Hall–Kier alpha value is -2.21. The Labute approximate surface area is 125 Å². The lowest BCUT2D eigenvalue weighted by molar-refractivity contribution is -0.144. The molecular weight excluding hydrogens is 296 g/mol. The van der Waals surface area contributed by atoms with E-state index in [1.807, 2.05) is 0 Å². The van der Waals surface area contributed by atoms with E-state index in [0.717, 1.165) is 9.80 Å². The number of likely N-dealkylation sites (tertiary alicyclic amines) is 1. The SMILES string of the molecule is CN1C(=O)CC2(C1=O)C(=O)N(C)C(=O)c1ccc(Cl)cc12. The third kappa shape index (κ3) is 1.53. The van der Waals surface area contributed by atoms with Crippen LogP contribution in [0.25, 0.3) is 0 Å². The molecule has 1 aromatic carbocycles. The number of hydrogen-bond donors (Lipinski definition) is 0. The van der Waals surface area contributed by atoms with Gasteiger partial charge in [-0.25, -0.2) is 0 Å². The van der Waals surface area contributed by atoms with Gasteiger partial charge in [0.1, 0.15) is 0 Å². The van der Waals surface area contributed by atoms with E-state index < -0.39 is 29.0 Å². The maximum atomic E-state index is 12.6. The number of carbonyl (C=O) groups is 4. The number of fused-ring (bicyclic) bond motifs is 2. The zero-order chi connectivity index (χ0) is 15.5. The standard InChI is InChI=1S/C14H11ClN2O4/c1-16-10(18)6-14(12(16)20)9-5-7(15)3-4-8(9)11(19)17(2)13(14)21/h3-5H,6H2,1-2H3. The molecule has 0 saturated carbocycles. The Morgan fingerprint density at radius 2 is 1.67 bits per heavy atom. The topological polar surface area (TPSA) is 74.8 Å². The highest BCUT2D eigenvalue weighted by Gasteiger charge is 2.61. The van der Waals surface area contributed by atoms with Crippen LogP contribution in [0.1, 0.15) is 22.3 Å². The van der Waals surface area contributed by atoms with E-state index in [1.54, 1.807) is 0 Å². The van der Waals surface area contributed by atoms with Gasteiger partial charge < -0.3 is 0 Å². The van der Waals surface area contributed by atoms with Crippen LogP contribution in [-0.4, -0.2) is 47.5 Å². The number of hydrogen-bond acceptors (Lipinski definition) is 4. The smallest absolute Gasteiger partial charge is 0.260 e. The van der Waals surface area contributed by atoms with E-state index >= 15 is 0 Å². The van der Waals surface area contributed by atoms with Crippen LogP contribution in [0.4, 0.5) is 0 Å². The van der Waals surface area contributed by atoms with Crippen molar-refractivity contribution in [1.29, 1.82) is 0 Å². The minimum absolute atomic E-state index is 0.214. The van der Waals surface area contributed by atoms with Gasteiger partial charge in [-0.15, -0.1) is 0 Å². The van der Waals surface area contributed by atoms with E-state index in [2.05, 4.69) is 0 Å². The maximum Gasteiger partial charge on any atom is 0.260 e. The van der Waals surface area contributed by atoms with Crippen molar-refractivity contribution < 1.29 is 19.2 Å². The highest BCUT2D eigenvalue weighted by Crippen LogP contribution is 2.43. The minimum atomic E-state index is -1.67. The molecule has 1 atom stereocenters. The molecule has 1 aromatic rings. The second-order valence-corrected chi connectivity index (χ2v) is 5.64. The van der Waals surface area contributed by atoms with Gasteiger partial charge in [-0.05, 0) is 23.8 Å². The molecule has 1 saturated heterocycles.